The summed E-state index contributed by atoms with van der Waals surface area (Å²) in [6.07, 6.45) is 0.489. The summed E-state index contributed by atoms with van der Waals surface area (Å²) in [6, 6.07) is 11.9. The van der Waals surface area contributed by atoms with Crippen molar-refractivity contribution in [1.82, 2.24) is 15.5 Å². The third-order valence-electron chi connectivity index (χ3n) is 3.35. The number of hydrogen-bond acceptors (Lipinski definition) is 5. The van der Waals surface area contributed by atoms with Gasteiger partial charge in [-0.25, -0.2) is 0 Å². The Balaban J connectivity index is 1.76. The van der Waals surface area contributed by atoms with Crippen LogP contribution in [0.4, 0.5) is 0 Å². The van der Waals surface area contributed by atoms with Crippen molar-refractivity contribution >= 4 is 17.2 Å². The number of hydrogen-bond donors (Lipinski definition) is 1. The van der Waals surface area contributed by atoms with E-state index in [9.17, 15) is 4.79 Å². The van der Waals surface area contributed by atoms with Crippen molar-refractivity contribution < 1.29 is 9.32 Å². The number of aryl methyl sites for hydroxylation is 1. The van der Waals surface area contributed by atoms with E-state index >= 15 is 0 Å². The zero-order valence-corrected chi connectivity index (χ0v) is 13.8. The predicted molar refractivity (Wildman–Crippen MR) is 89.9 cm³/mol. The Morgan fingerprint density at radius 3 is 2.96 bits per heavy atom. The van der Waals surface area contributed by atoms with Crippen LogP contribution in [0.2, 0.25) is 0 Å². The van der Waals surface area contributed by atoms with Gasteiger partial charge in [0.15, 0.2) is 0 Å². The number of rotatable bonds is 5. The van der Waals surface area contributed by atoms with Gasteiger partial charge < -0.3 is 9.84 Å². The maximum Gasteiger partial charge on any atom is 0.258 e. The molecule has 3 aromatic rings. The van der Waals surface area contributed by atoms with Crippen LogP contribution in [0.3, 0.4) is 0 Å². The van der Waals surface area contributed by atoms with E-state index in [2.05, 4.69) is 15.5 Å². The first kappa shape index (κ1) is 15.4. The van der Waals surface area contributed by atoms with Crippen molar-refractivity contribution in [3.05, 3.63) is 46.8 Å². The second-order valence-corrected chi connectivity index (χ2v) is 6.36. The van der Waals surface area contributed by atoms with E-state index in [4.69, 9.17) is 4.52 Å². The summed E-state index contributed by atoms with van der Waals surface area (Å²) in [7, 11) is 0. The van der Waals surface area contributed by atoms with Crippen LogP contribution in [-0.2, 0) is 11.3 Å². The van der Waals surface area contributed by atoms with Crippen molar-refractivity contribution in [3.8, 4) is 22.2 Å². The fourth-order valence-electron chi connectivity index (χ4n) is 2.12. The quantitative estimate of drug-likeness (QED) is 0.774. The molecule has 23 heavy (non-hydrogen) atoms. The summed E-state index contributed by atoms with van der Waals surface area (Å²) in [4.78, 5) is 17.7. The van der Waals surface area contributed by atoms with Gasteiger partial charge in [0.2, 0.25) is 11.7 Å². The van der Waals surface area contributed by atoms with Crippen molar-refractivity contribution in [2.75, 3.05) is 0 Å². The Labute approximate surface area is 138 Å². The minimum absolute atomic E-state index is 0.0428. The van der Waals surface area contributed by atoms with Gasteiger partial charge >= 0.3 is 0 Å². The molecule has 0 aliphatic rings. The Kier molecular flexibility index (Phi) is 4.52. The van der Waals surface area contributed by atoms with Crippen molar-refractivity contribution in [1.29, 1.82) is 0 Å². The summed E-state index contributed by atoms with van der Waals surface area (Å²) in [6.45, 7) is 4.39. The van der Waals surface area contributed by atoms with Gasteiger partial charge in [-0.15, -0.1) is 11.3 Å². The number of nitrogens with one attached hydrogen (secondary N) is 1. The highest BCUT2D eigenvalue weighted by Crippen LogP contribution is 2.28. The minimum atomic E-state index is 0.0428. The zero-order chi connectivity index (χ0) is 16.2. The van der Waals surface area contributed by atoms with E-state index in [1.54, 1.807) is 11.3 Å². The molecule has 2 aromatic heterocycles. The molecule has 6 heteroatoms. The molecule has 5 nitrogen and oxygen atoms in total. The second kappa shape index (κ2) is 6.75. The van der Waals surface area contributed by atoms with Crippen molar-refractivity contribution in [2.24, 2.45) is 0 Å². The normalized spacial score (nSPS) is 10.7. The van der Waals surface area contributed by atoms with Crippen LogP contribution in [0, 0.1) is 6.92 Å². The molecular formula is C17H17N3O2S. The average molecular weight is 327 g/mol. The number of nitrogens with zero attached hydrogens (tertiary/aromatic N) is 2. The molecule has 0 bridgehead atoms. The minimum Gasteiger partial charge on any atom is -0.351 e. The molecule has 0 aliphatic carbocycles. The lowest BCUT2D eigenvalue weighted by atomic mass is 10.1. The molecule has 2 heterocycles. The number of aromatic nitrogens is 2. The van der Waals surface area contributed by atoms with Gasteiger partial charge in [0, 0.05) is 16.9 Å². The van der Waals surface area contributed by atoms with Gasteiger partial charge in [-0.2, -0.15) is 4.98 Å². The van der Waals surface area contributed by atoms with Gasteiger partial charge in [0.05, 0.1) is 11.4 Å². The third-order valence-corrected chi connectivity index (χ3v) is 4.44. The predicted octanol–water partition coefficient (Wildman–Crippen LogP) is 3.80. The Morgan fingerprint density at radius 2 is 2.17 bits per heavy atom. The molecule has 0 aliphatic heterocycles. The van der Waals surface area contributed by atoms with E-state index in [0.717, 1.165) is 20.9 Å². The number of thiophene rings is 1. The van der Waals surface area contributed by atoms with Gasteiger partial charge in [0.25, 0.3) is 5.89 Å². The van der Waals surface area contributed by atoms with Crippen LogP contribution >= 0.6 is 11.3 Å². The monoisotopic (exact) mass is 327 g/mol. The second-order valence-electron chi connectivity index (χ2n) is 5.19. The Hall–Kier alpha value is -2.47. The topological polar surface area (TPSA) is 68.0 Å². The SMILES string of the molecule is CCC(=O)NCc1ccc(-c2noc(-c3cccc(C)c3)n2)s1. The van der Waals surface area contributed by atoms with Gasteiger partial charge in [-0.1, -0.05) is 29.8 Å². The van der Waals surface area contributed by atoms with Crippen LogP contribution in [-0.4, -0.2) is 16.0 Å². The fraction of sp³-hybridized carbons (Fsp3) is 0.235. The lowest BCUT2D eigenvalue weighted by Gasteiger charge is -1.99. The number of carbonyl (C=O) groups is 1. The van der Waals surface area contributed by atoms with E-state index in [1.807, 2.05) is 50.2 Å². The maximum atomic E-state index is 11.3. The van der Waals surface area contributed by atoms with Gasteiger partial charge in [0.1, 0.15) is 0 Å². The maximum absolute atomic E-state index is 11.3. The molecule has 118 valence electrons. The number of benzene rings is 1. The highest BCUT2D eigenvalue weighted by atomic mass is 32.1. The molecule has 0 atom stereocenters. The van der Waals surface area contributed by atoms with Crippen molar-refractivity contribution in [3.63, 3.8) is 0 Å². The molecular weight excluding hydrogens is 310 g/mol. The highest BCUT2D eigenvalue weighted by Gasteiger charge is 2.13. The summed E-state index contributed by atoms with van der Waals surface area (Å²) in [5, 5.41) is 6.91. The van der Waals surface area contributed by atoms with E-state index in [-0.39, 0.29) is 5.91 Å². The van der Waals surface area contributed by atoms with E-state index < -0.39 is 0 Å². The molecule has 0 saturated heterocycles. The largest absolute Gasteiger partial charge is 0.351 e. The summed E-state index contributed by atoms with van der Waals surface area (Å²) in [5.41, 5.74) is 2.06. The standard InChI is InChI=1S/C17H17N3O2S/c1-3-15(21)18-10-13-7-8-14(23-13)16-19-17(22-20-16)12-6-4-5-11(2)9-12/h4-9H,3,10H2,1-2H3,(H,18,21). The fourth-order valence-corrected chi connectivity index (χ4v) is 3.00. The molecule has 0 radical (unpaired) electrons. The van der Waals surface area contributed by atoms with Crippen LogP contribution in [0.5, 0.6) is 0 Å². The average Bonchev–Trinajstić information content (AvgIpc) is 3.21. The first-order valence-electron chi connectivity index (χ1n) is 7.42. The number of amides is 1. The van der Waals surface area contributed by atoms with Crippen LogP contribution < -0.4 is 5.32 Å². The Bertz CT molecular complexity index is 823. The molecule has 1 N–H and O–H groups in total. The summed E-state index contributed by atoms with van der Waals surface area (Å²) < 4.78 is 5.36. The van der Waals surface area contributed by atoms with Crippen molar-refractivity contribution in [2.45, 2.75) is 26.8 Å². The van der Waals surface area contributed by atoms with Gasteiger partial charge in [-0.3, -0.25) is 4.79 Å². The van der Waals surface area contributed by atoms with Crippen LogP contribution in [0.25, 0.3) is 22.2 Å². The first-order valence-corrected chi connectivity index (χ1v) is 8.24. The molecule has 0 saturated carbocycles. The molecule has 1 aromatic carbocycles. The molecule has 0 fully saturated rings. The molecule has 0 spiro atoms. The van der Waals surface area contributed by atoms with Gasteiger partial charge in [-0.05, 0) is 31.2 Å². The molecule has 0 unspecified atom stereocenters. The Morgan fingerprint density at radius 1 is 1.30 bits per heavy atom. The summed E-state index contributed by atoms with van der Waals surface area (Å²) >= 11 is 1.55. The zero-order valence-electron chi connectivity index (χ0n) is 13.0. The van der Waals surface area contributed by atoms with E-state index in [0.29, 0.717) is 24.7 Å². The smallest absolute Gasteiger partial charge is 0.258 e. The summed E-state index contributed by atoms with van der Waals surface area (Å²) in [5.74, 6) is 1.12. The lowest BCUT2D eigenvalue weighted by molar-refractivity contribution is -0.120. The number of carbonyl (C=O) groups excluding carboxylic acids is 1. The lowest BCUT2D eigenvalue weighted by Crippen LogP contribution is -2.20. The van der Waals surface area contributed by atoms with E-state index in [1.165, 1.54) is 0 Å². The molecule has 1 amide bonds. The third kappa shape index (κ3) is 3.65. The van der Waals surface area contributed by atoms with Crippen LogP contribution in [0.1, 0.15) is 23.8 Å². The first-order chi connectivity index (χ1) is 11.2. The molecule has 3 rings (SSSR count). The van der Waals surface area contributed by atoms with Crippen LogP contribution in [0.15, 0.2) is 40.9 Å². The highest BCUT2D eigenvalue weighted by molar-refractivity contribution is 7.15.